The Bertz CT molecular complexity index is 808. The molecule has 0 saturated carbocycles. The molecule has 1 aromatic carbocycles. The van der Waals surface area contributed by atoms with Crippen LogP contribution in [0.25, 0.3) is 5.70 Å². The van der Waals surface area contributed by atoms with Gasteiger partial charge in [0.15, 0.2) is 12.4 Å². The molecule has 0 saturated heterocycles. The van der Waals surface area contributed by atoms with E-state index in [1.165, 1.54) is 10.8 Å². The van der Waals surface area contributed by atoms with Gasteiger partial charge in [-0.2, -0.15) is 9.83 Å². The first-order chi connectivity index (χ1) is 11.7. The SMILES string of the molecule is CCOC(=O)c1ccc[n+](C(=CC#N)C(=O)Nc2ccccc2)c1. The van der Waals surface area contributed by atoms with Gasteiger partial charge in [-0.1, -0.05) is 18.2 Å². The second-order valence-corrected chi connectivity index (χ2v) is 4.70. The van der Waals surface area contributed by atoms with Crippen molar-refractivity contribution in [2.75, 3.05) is 11.9 Å². The van der Waals surface area contributed by atoms with Crippen LogP contribution < -0.4 is 9.88 Å². The summed E-state index contributed by atoms with van der Waals surface area (Å²) in [6.07, 6.45) is 4.15. The molecule has 0 aliphatic heterocycles. The maximum Gasteiger partial charge on any atom is 0.344 e. The largest absolute Gasteiger partial charge is 0.462 e. The Kier molecular flexibility index (Phi) is 5.81. The van der Waals surface area contributed by atoms with Gasteiger partial charge in [0.1, 0.15) is 5.56 Å². The van der Waals surface area contributed by atoms with E-state index in [0.717, 1.165) is 6.08 Å². The number of carbonyl (C=O) groups excluding carboxylic acids is 2. The van der Waals surface area contributed by atoms with E-state index in [1.54, 1.807) is 49.5 Å². The number of nitrogens with zero attached hydrogens (tertiary/aromatic N) is 2. The molecule has 0 radical (unpaired) electrons. The molecule has 0 aliphatic carbocycles. The molecule has 0 atom stereocenters. The third-order valence-electron chi connectivity index (χ3n) is 3.06. The number of nitrogens with one attached hydrogen (secondary N) is 1. The van der Waals surface area contributed by atoms with Crippen LogP contribution in [0, 0.1) is 11.3 Å². The molecule has 1 heterocycles. The Balaban J connectivity index is 2.30. The van der Waals surface area contributed by atoms with Crippen molar-refractivity contribution in [3.63, 3.8) is 0 Å². The summed E-state index contributed by atoms with van der Waals surface area (Å²) in [5, 5.41) is 11.7. The van der Waals surface area contributed by atoms with E-state index in [0.29, 0.717) is 5.69 Å². The number of carbonyl (C=O) groups is 2. The van der Waals surface area contributed by atoms with Crippen molar-refractivity contribution in [3.05, 3.63) is 66.5 Å². The zero-order valence-electron chi connectivity index (χ0n) is 13.1. The van der Waals surface area contributed by atoms with Crippen molar-refractivity contribution in [2.24, 2.45) is 0 Å². The van der Waals surface area contributed by atoms with E-state index in [-0.39, 0.29) is 17.9 Å². The quantitative estimate of drug-likeness (QED) is 0.396. The fourth-order valence-corrected chi connectivity index (χ4v) is 2.00. The maximum absolute atomic E-state index is 12.4. The zero-order valence-corrected chi connectivity index (χ0v) is 13.1. The number of allylic oxidation sites excluding steroid dienone is 1. The lowest BCUT2D eigenvalue weighted by Gasteiger charge is -2.05. The summed E-state index contributed by atoms with van der Waals surface area (Å²) < 4.78 is 6.35. The van der Waals surface area contributed by atoms with Gasteiger partial charge in [0.05, 0.1) is 18.8 Å². The summed E-state index contributed by atoms with van der Waals surface area (Å²) in [5.41, 5.74) is 0.983. The third kappa shape index (κ3) is 4.27. The van der Waals surface area contributed by atoms with Crippen LogP contribution in [0.4, 0.5) is 5.69 Å². The minimum absolute atomic E-state index is 0.0903. The van der Waals surface area contributed by atoms with E-state index in [1.807, 2.05) is 12.1 Å². The van der Waals surface area contributed by atoms with Crippen LogP contribution in [0.5, 0.6) is 0 Å². The fourth-order valence-electron chi connectivity index (χ4n) is 2.00. The Morgan fingerprint density at radius 3 is 2.67 bits per heavy atom. The van der Waals surface area contributed by atoms with Crippen molar-refractivity contribution >= 4 is 23.3 Å². The van der Waals surface area contributed by atoms with Gasteiger partial charge in [-0.25, -0.2) is 4.79 Å². The minimum Gasteiger partial charge on any atom is -0.462 e. The predicted octanol–water partition coefficient (Wildman–Crippen LogP) is 2.15. The number of para-hydroxylation sites is 1. The number of nitriles is 1. The summed E-state index contributed by atoms with van der Waals surface area (Å²) in [5.74, 6) is -0.958. The molecule has 0 unspecified atom stereocenters. The Labute approximate surface area is 139 Å². The van der Waals surface area contributed by atoms with E-state index < -0.39 is 11.9 Å². The lowest BCUT2D eigenvalue weighted by molar-refractivity contribution is -0.577. The first-order valence-corrected chi connectivity index (χ1v) is 7.30. The maximum atomic E-state index is 12.4. The van der Waals surface area contributed by atoms with Crippen LogP contribution in [0.15, 0.2) is 60.9 Å². The smallest absolute Gasteiger partial charge is 0.344 e. The van der Waals surface area contributed by atoms with Gasteiger partial charge in [0, 0.05) is 11.8 Å². The molecule has 6 heteroatoms. The lowest BCUT2D eigenvalue weighted by atomic mass is 10.2. The second-order valence-electron chi connectivity index (χ2n) is 4.70. The Morgan fingerprint density at radius 1 is 1.25 bits per heavy atom. The molecule has 1 N–H and O–H groups in total. The van der Waals surface area contributed by atoms with Gasteiger partial charge in [0.2, 0.25) is 0 Å². The average molecular weight is 322 g/mol. The lowest BCUT2D eigenvalue weighted by Crippen LogP contribution is -2.39. The van der Waals surface area contributed by atoms with Crippen LogP contribution >= 0.6 is 0 Å². The molecule has 24 heavy (non-hydrogen) atoms. The molecule has 1 amide bonds. The Hall–Kier alpha value is -3.46. The third-order valence-corrected chi connectivity index (χ3v) is 3.06. The van der Waals surface area contributed by atoms with Crippen molar-refractivity contribution in [2.45, 2.75) is 6.92 Å². The highest BCUT2D eigenvalue weighted by Gasteiger charge is 2.22. The van der Waals surface area contributed by atoms with Crippen LogP contribution in [-0.4, -0.2) is 18.5 Å². The van der Waals surface area contributed by atoms with E-state index >= 15 is 0 Å². The van der Waals surface area contributed by atoms with Gasteiger partial charge < -0.3 is 10.1 Å². The van der Waals surface area contributed by atoms with Crippen molar-refractivity contribution < 1.29 is 18.9 Å². The van der Waals surface area contributed by atoms with Gasteiger partial charge in [0.25, 0.3) is 5.70 Å². The summed E-state index contributed by atoms with van der Waals surface area (Å²) in [6.45, 7) is 1.96. The molecule has 0 aliphatic rings. The molecule has 6 nitrogen and oxygen atoms in total. The van der Waals surface area contributed by atoms with Gasteiger partial charge in [-0.05, 0) is 25.1 Å². The summed E-state index contributed by atoms with van der Waals surface area (Å²) in [7, 11) is 0. The minimum atomic E-state index is -0.494. The number of pyridine rings is 1. The fraction of sp³-hybridized carbons (Fsp3) is 0.111. The van der Waals surface area contributed by atoms with E-state index in [2.05, 4.69) is 5.32 Å². The zero-order chi connectivity index (χ0) is 17.4. The van der Waals surface area contributed by atoms with Crippen LogP contribution in [0.3, 0.4) is 0 Å². The van der Waals surface area contributed by atoms with Crippen molar-refractivity contribution in [3.8, 4) is 6.07 Å². The molecule has 0 fully saturated rings. The number of hydrogen-bond acceptors (Lipinski definition) is 4. The highest BCUT2D eigenvalue weighted by Crippen LogP contribution is 2.08. The number of hydrogen-bond donors (Lipinski definition) is 1. The van der Waals surface area contributed by atoms with Crippen LogP contribution in [0.2, 0.25) is 0 Å². The number of ether oxygens (including phenoxy) is 1. The van der Waals surface area contributed by atoms with E-state index in [4.69, 9.17) is 10.00 Å². The number of amides is 1. The monoisotopic (exact) mass is 322 g/mol. The molecule has 2 aromatic rings. The highest BCUT2D eigenvalue weighted by molar-refractivity contribution is 6.17. The topological polar surface area (TPSA) is 83.1 Å². The molecule has 0 spiro atoms. The predicted molar refractivity (Wildman–Crippen MR) is 87.6 cm³/mol. The van der Waals surface area contributed by atoms with Crippen molar-refractivity contribution in [1.29, 1.82) is 5.26 Å². The summed E-state index contributed by atoms with van der Waals surface area (Å²) in [6, 6.07) is 13.9. The van der Waals surface area contributed by atoms with Gasteiger partial charge in [-0.15, -0.1) is 0 Å². The van der Waals surface area contributed by atoms with Crippen LogP contribution in [0.1, 0.15) is 17.3 Å². The van der Waals surface area contributed by atoms with E-state index in [9.17, 15) is 9.59 Å². The first-order valence-electron chi connectivity index (χ1n) is 7.30. The van der Waals surface area contributed by atoms with Gasteiger partial charge in [-0.3, -0.25) is 4.79 Å². The Morgan fingerprint density at radius 2 is 2.00 bits per heavy atom. The highest BCUT2D eigenvalue weighted by atomic mass is 16.5. The molecular formula is C18H16N3O3+. The normalized spacial score (nSPS) is 10.6. The molecule has 1 aromatic heterocycles. The summed E-state index contributed by atoms with van der Waals surface area (Å²) in [4.78, 5) is 24.3. The molecule has 0 bridgehead atoms. The number of esters is 1. The molecule has 120 valence electrons. The molecular weight excluding hydrogens is 306 g/mol. The summed E-state index contributed by atoms with van der Waals surface area (Å²) >= 11 is 0. The van der Waals surface area contributed by atoms with Crippen molar-refractivity contribution in [1.82, 2.24) is 0 Å². The standard InChI is InChI=1S/C18H15N3O3/c1-2-24-18(23)14-7-6-12-21(13-14)16(10-11-19)17(22)20-15-8-4-3-5-9-15/h3-10,12-13H,2H2,1H3/p+1. The number of benzene rings is 1. The molecule has 2 rings (SSSR count). The number of anilines is 1. The first kappa shape index (κ1) is 16.9. The van der Waals surface area contributed by atoms with Crippen LogP contribution in [-0.2, 0) is 9.53 Å². The average Bonchev–Trinajstić information content (AvgIpc) is 2.60. The second kappa shape index (κ2) is 8.25. The van der Waals surface area contributed by atoms with Gasteiger partial charge >= 0.3 is 11.9 Å². The number of aromatic nitrogens is 1. The number of rotatable bonds is 5.